The van der Waals surface area contributed by atoms with Gasteiger partial charge in [0.25, 0.3) is 0 Å². The molecule has 0 bridgehead atoms. The first kappa shape index (κ1) is 8.67. The lowest BCUT2D eigenvalue weighted by Crippen LogP contribution is -2.00. The van der Waals surface area contributed by atoms with Gasteiger partial charge in [-0.1, -0.05) is 6.92 Å². The summed E-state index contributed by atoms with van der Waals surface area (Å²) in [5.74, 6) is 1.78. The molecule has 0 atom stereocenters. The van der Waals surface area contributed by atoms with Crippen molar-refractivity contribution in [2.75, 3.05) is 0 Å². The van der Waals surface area contributed by atoms with Crippen LogP contribution in [0.4, 0.5) is 0 Å². The van der Waals surface area contributed by atoms with Crippen molar-refractivity contribution in [3.8, 4) is 0 Å². The Hall–Kier alpha value is -0.920. The minimum absolute atomic E-state index is 0.748. The summed E-state index contributed by atoms with van der Waals surface area (Å²) in [4.78, 5) is 9.00. The van der Waals surface area contributed by atoms with Crippen molar-refractivity contribution in [2.24, 2.45) is 0 Å². The molecule has 1 heterocycles. The average Bonchev–Trinajstić information content (AvgIpc) is 2.85. The van der Waals surface area contributed by atoms with Crippen molar-refractivity contribution in [3.63, 3.8) is 0 Å². The fraction of sp³-hybridized carbons (Fsp3) is 0.636. The minimum Gasteiger partial charge on any atom is -0.238 e. The van der Waals surface area contributed by atoms with E-state index < -0.39 is 0 Å². The Morgan fingerprint density at radius 3 is 2.77 bits per heavy atom. The van der Waals surface area contributed by atoms with Crippen LogP contribution in [0.5, 0.6) is 0 Å². The molecular weight excluding hydrogens is 160 g/mol. The molecule has 0 N–H and O–H groups in total. The highest BCUT2D eigenvalue weighted by Gasteiger charge is 2.25. The molecule has 1 aliphatic carbocycles. The van der Waals surface area contributed by atoms with E-state index in [2.05, 4.69) is 29.9 Å². The van der Waals surface area contributed by atoms with E-state index in [4.69, 9.17) is 0 Å². The Labute approximate surface area is 79.4 Å². The van der Waals surface area contributed by atoms with Crippen LogP contribution >= 0.6 is 0 Å². The molecule has 1 aliphatic rings. The zero-order valence-corrected chi connectivity index (χ0v) is 8.38. The van der Waals surface area contributed by atoms with Crippen LogP contribution in [0.25, 0.3) is 0 Å². The van der Waals surface area contributed by atoms with E-state index in [0.29, 0.717) is 0 Å². The van der Waals surface area contributed by atoms with Gasteiger partial charge in [0.1, 0.15) is 5.82 Å². The molecule has 0 radical (unpaired) electrons. The maximum absolute atomic E-state index is 4.57. The minimum atomic E-state index is 0.748. The lowest BCUT2D eigenvalue weighted by molar-refractivity contribution is 0.801. The third-order valence-electron chi connectivity index (χ3n) is 2.39. The predicted octanol–water partition coefficient (Wildman–Crippen LogP) is 2.61. The third kappa shape index (κ3) is 2.06. The highest BCUT2D eigenvalue weighted by molar-refractivity contribution is 5.18. The van der Waals surface area contributed by atoms with Gasteiger partial charge in [-0.25, -0.2) is 9.97 Å². The molecular formula is C11H16N2. The summed E-state index contributed by atoms with van der Waals surface area (Å²) in [6.07, 6.45) is 4.79. The first-order chi connectivity index (χ1) is 6.29. The molecule has 0 amide bonds. The number of aryl methyl sites for hydroxylation is 2. The van der Waals surface area contributed by atoms with Crippen LogP contribution in [0.15, 0.2) is 6.07 Å². The van der Waals surface area contributed by atoms with E-state index in [0.717, 1.165) is 30.3 Å². The Morgan fingerprint density at radius 2 is 2.15 bits per heavy atom. The molecule has 1 fully saturated rings. The van der Waals surface area contributed by atoms with E-state index in [1.165, 1.54) is 18.5 Å². The molecule has 1 aromatic rings. The largest absolute Gasteiger partial charge is 0.238 e. The molecule has 2 heteroatoms. The standard InChI is InChI=1S/C11H16N2/c1-3-4-11-12-8(2)7-10(13-11)9-5-6-9/h7,9H,3-6H2,1-2H3. The lowest BCUT2D eigenvalue weighted by Gasteiger charge is -2.03. The van der Waals surface area contributed by atoms with Gasteiger partial charge >= 0.3 is 0 Å². The van der Waals surface area contributed by atoms with E-state index in [1.54, 1.807) is 0 Å². The number of rotatable bonds is 3. The molecule has 1 aromatic heterocycles. The molecule has 0 aliphatic heterocycles. The maximum atomic E-state index is 4.57. The van der Waals surface area contributed by atoms with Gasteiger partial charge in [0.05, 0.1) is 0 Å². The van der Waals surface area contributed by atoms with Crippen LogP contribution in [0.1, 0.15) is 49.3 Å². The molecule has 1 saturated carbocycles. The summed E-state index contributed by atoms with van der Waals surface area (Å²) in [7, 11) is 0. The second kappa shape index (κ2) is 3.44. The normalized spacial score (nSPS) is 16.2. The molecule has 0 unspecified atom stereocenters. The zero-order chi connectivity index (χ0) is 9.26. The molecule has 0 aromatic carbocycles. The maximum Gasteiger partial charge on any atom is 0.128 e. The highest BCUT2D eigenvalue weighted by Crippen LogP contribution is 2.39. The third-order valence-corrected chi connectivity index (χ3v) is 2.39. The highest BCUT2D eigenvalue weighted by atomic mass is 14.9. The van der Waals surface area contributed by atoms with Crippen LogP contribution in [0, 0.1) is 6.92 Å². The molecule has 0 spiro atoms. The van der Waals surface area contributed by atoms with Crippen LogP contribution in [0.3, 0.4) is 0 Å². The Balaban J connectivity index is 2.25. The molecule has 13 heavy (non-hydrogen) atoms. The van der Waals surface area contributed by atoms with Gasteiger partial charge in [-0.3, -0.25) is 0 Å². The Morgan fingerprint density at radius 1 is 1.38 bits per heavy atom. The van der Waals surface area contributed by atoms with Crippen molar-refractivity contribution in [1.29, 1.82) is 0 Å². The Bertz CT molecular complexity index is 303. The van der Waals surface area contributed by atoms with Gasteiger partial charge in [0, 0.05) is 23.7 Å². The van der Waals surface area contributed by atoms with E-state index in [9.17, 15) is 0 Å². The predicted molar refractivity (Wildman–Crippen MR) is 52.7 cm³/mol. The fourth-order valence-electron chi connectivity index (χ4n) is 1.58. The number of hydrogen-bond donors (Lipinski definition) is 0. The van der Waals surface area contributed by atoms with Crippen molar-refractivity contribution in [3.05, 3.63) is 23.3 Å². The lowest BCUT2D eigenvalue weighted by atomic mass is 10.2. The fourth-order valence-corrected chi connectivity index (χ4v) is 1.58. The summed E-state index contributed by atoms with van der Waals surface area (Å²) in [6, 6.07) is 2.14. The van der Waals surface area contributed by atoms with Crippen LogP contribution in [-0.2, 0) is 6.42 Å². The van der Waals surface area contributed by atoms with Gasteiger partial charge in [0.2, 0.25) is 0 Å². The quantitative estimate of drug-likeness (QED) is 0.707. The first-order valence-electron chi connectivity index (χ1n) is 5.14. The van der Waals surface area contributed by atoms with Gasteiger partial charge in [-0.15, -0.1) is 0 Å². The van der Waals surface area contributed by atoms with Crippen molar-refractivity contribution in [1.82, 2.24) is 9.97 Å². The van der Waals surface area contributed by atoms with Gasteiger partial charge in [-0.05, 0) is 32.3 Å². The first-order valence-corrected chi connectivity index (χ1v) is 5.14. The summed E-state index contributed by atoms with van der Waals surface area (Å²) in [6.45, 7) is 4.23. The van der Waals surface area contributed by atoms with Crippen LogP contribution in [-0.4, -0.2) is 9.97 Å². The monoisotopic (exact) mass is 176 g/mol. The zero-order valence-electron chi connectivity index (χ0n) is 8.38. The second-order valence-corrected chi connectivity index (χ2v) is 3.87. The Kier molecular flexibility index (Phi) is 2.30. The molecule has 2 nitrogen and oxygen atoms in total. The van der Waals surface area contributed by atoms with Gasteiger partial charge in [0.15, 0.2) is 0 Å². The van der Waals surface area contributed by atoms with Gasteiger partial charge < -0.3 is 0 Å². The molecule has 70 valence electrons. The van der Waals surface area contributed by atoms with Crippen LogP contribution in [0.2, 0.25) is 0 Å². The topological polar surface area (TPSA) is 25.8 Å². The summed E-state index contributed by atoms with van der Waals surface area (Å²) >= 11 is 0. The van der Waals surface area contributed by atoms with Crippen molar-refractivity contribution < 1.29 is 0 Å². The number of aromatic nitrogens is 2. The smallest absolute Gasteiger partial charge is 0.128 e. The van der Waals surface area contributed by atoms with Crippen molar-refractivity contribution in [2.45, 2.75) is 45.4 Å². The molecule has 0 saturated heterocycles. The summed E-state index contributed by atoms with van der Waals surface area (Å²) < 4.78 is 0. The van der Waals surface area contributed by atoms with Crippen LogP contribution < -0.4 is 0 Å². The molecule has 2 rings (SSSR count). The summed E-state index contributed by atoms with van der Waals surface area (Å²) in [5, 5.41) is 0. The van der Waals surface area contributed by atoms with Gasteiger partial charge in [-0.2, -0.15) is 0 Å². The average molecular weight is 176 g/mol. The van der Waals surface area contributed by atoms with E-state index in [-0.39, 0.29) is 0 Å². The van der Waals surface area contributed by atoms with E-state index in [1.807, 2.05) is 0 Å². The van der Waals surface area contributed by atoms with E-state index >= 15 is 0 Å². The SMILES string of the molecule is CCCc1nc(C)cc(C2CC2)n1. The number of nitrogens with zero attached hydrogens (tertiary/aromatic N) is 2. The van der Waals surface area contributed by atoms with Crippen molar-refractivity contribution >= 4 is 0 Å². The summed E-state index contributed by atoms with van der Waals surface area (Å²) in [5.41, 5.74) is 2.40. The number of hydrogen-bond acceptors (Lipinski definition) is 2. The second-order valence-electron chi connectivity index (χ2n) is 3.87.